The van der Waals surface area contributed by atoms with E-state index in [1.54, 1.807) is 11.8 Å². The molecule has 1 aromatic rings. The molecule has 3 N–H and O–H groups in total. The average molecular weight is 211 g/mol. The highest BCUT2D eigenvalue weighted by molar-refractivity contribution is 7.98. The van der Waals surface area contributed by atoms with Crippen molar-refractivity contribution in [3.63, 3.8) is 0 Å². The summed E-state index contributed by atoms with van der Waals surface area (Å²) in [7, 11) is 0. The standard InChI is InChI=1S/C9H13N3OS/c10-3-1-2-8-11-7-5-14-4-6(7)9(13)12-8/h1-5,10H2,(H,11,12,13). The second kappa shape index (κ2) is 4.14. The number of nitrogens with zero attached hydrogens (tertiary/aromatic N) is 1. The van der Waals surface area contributed by atoms with Crippen LogP contribution in [0.4, 0.5) is 0 Å². The maximum Gasteiger partial charge on any atom is 0.255 e. The lowest BCUT2D eigenvalue weighted by Crippen LogP contribution is -2.17. The van der Waals surface area contributed by atoms with Gasteiger partial charge in [0.1, 0.15) is 5.82 Å². The molecule has 14 heavy (non-hydrogen) atoms. The van der Waals surface area contributed by atoms with Crippen LogP contribution in [0.1, 0.15) is 23.5 Å². The summed E-state index contributed by atoms with van der Waals surface area (Å²) in [6.45, 7) is 0.634. The second-order valence-corrected chi connectivity index (χ2v) is 4.31. The van der Waals surface area contributed by atoms with Crippen molar-refractivity contribution in [2.75, 3.05) is 6.54 Å². The van der Waals surface area contributed by atoms with Gasteiger partial charge in [0, 0.05) is 23.5 Å². The van der Waals surface area contributed by atoms with Crippen molar-refractivity contribution in [1.82, 2.24) is 9.97 Å². The van der Waals surface area contributed by atoms with Gasteiger partial charge in [0.25, 0.3) is 5.56 Å². The van der Waals surface area contributed by atoms with Crippen molar-refractivity contribution in [1.29, 1.82) is 0 Å². The summed E-state index contributed by atoms with van der Waals surface area (Å²) >= 11 is 1.74. The van der Waals surface area contributed by atoms with Crippen LogP contribution in [0.3, 0.4) is 0 Å². The fourth-order valence-corrected chi connectivity index (χ4v) is 2.54. The maximum absolute atomic E-state index is 11.6. The van der Waals surface area contributed by atoms with Crippen molar-refractivity contribution in [3.05, 3.63) is 27.4 Å². The van der Waals surface area contributed by atoms with Crippen molar-refractivity contribution in [2.45, 2.75) is 24.3 Å². The molecule has 0 saturated carbocycles. The fraction of sp³-hybridized carbons (Fsp3) is 0.556. The molecule has 0 bridgehead atoms. The number of nitrogens with one attached hydrogen (secondary N) is 1. The zero-order valence-electron chi connectivity index (χ0n) is 7.88. The third-order valence-corrected chi connectivity index (χ3v) is 3.22. The quantitative estimate of drug-likeness (QED) is 0.759. The van der Waals surface area contributed by atoms with Crippen LogP contribution >= 0.6 is 11.8 Å². The lowest BCUT2D eigenvalue weighted by atomic mass is 10.2. The van der Waals surface area contributed by atoms with Gasteiger partial charge in [0.2, 0.25) is 0 Å². The van der Waals surface area contributed by atoms with Crippen LogP contribution in [0.15, 0.2) is 4.79 Å². The van der Waals surface area contributed by atoms with Gasteiger partial charge in [-0.25, -0.2) is 4.98 Å². The van der Waals surface area contributed by atoms with E-state index in [9.17, 15) is 4.79 Å². The summed E-state index contributed by atoms with van der Waals surface area (Å²) in [4.78, 5) is 18.8. The first-order chi connectivity index (χ1) is 6.81. The highest BCUT2D eigenvalue weighted by Crippen LogP contribution is 2.25. The predicted octanol–water partition coefficient (Wildman–Crippen LogP) is 0.408. The van der Waals surface area contributed by atoms with Crippen molar-refractivity contribution < 1.29 is 0 Å². The Morgan fingerprint density at radius 2 is 2.36 bits per heavy atom. The van der Waals surface area contributed by atoms with E-state index in [2.05, 4.69) is 9.97 Å². The normalized spacial score (nSPS) is 14.4. The molecule has 0 spiro atoms. The molecule has 0 aliphatic carbocycles. The predicted molar refractivity (Wildman–Crippen MR) is 57.2 cm³/mol. The van der Waals surface area contributed by atoms with E-state index < -0.39 is 0 Å². The molecule has 76 valence electrons. The van der Waals surface area contributed by atoms with Gasteiger partial charge >= 0.3 is 0 Å². The molecule has 0 fully saturated rings. The van der Waals surface area contributed by atoms with Gasteiger partial charge in [-0.15, -0.1) is 0 Å². The first kappa shape index (κ1) is 9.73. The highest BCUT2D eigenvalue weighted by atomic mass is 32.2. The molecule has 0 atom stereocenters. The van der Waals surface area contributed by atoms with E-state index in [4.69, 9.17) is 5.73 Å². The monoisotopic (exact) mass is 211 g/mol. The number of fused-ring (bicyclic) bond motifs is 1. The molecular formula is C9H13N3OS. The Hall–Kier alpha value is -0.810. The Balaban J connectivity index is 2.28. The number of thioether (sulfide) groups is 1. The summed E-state index contributed by atoms with van der Waals surface area (Å²) in [5.41, 5.74) is 7.25. The lowest BCUT2D eigenvalue weighted by molar-refractivity contribution is 0.765. The number of hydrogen-bond donors (Lipinski definition) is 2. The number of rotatable bonds is 3. The summed E-state index contributed by atoms with van der Waals surface area (Å²) in [6, 6.07) is 0. The maximum atomic E-state index is 11.6. The van der Waals surface area contributed by atoms with Crippen LogP contribution in [0.2, 0.25) is 0 Å². The number of H-pyrrole nitrogens is 1. The molecular weight excluding hydrogens is 198 g/mol. The first-order valence-corrected chi connectivity index (χ1v) is 5.85. The minimum atomic E-state index is 0.0343. The molecule has 1 aliphatic heterocycles. The number of nitrogens with two attached hydrogens (primary N) is 1. The Bertz CT molecular complexity index is 388. The molecule has 0 saturated heterocycles. The fourth-order valence-electron chi connectivity index (χ4n) is 1.50. The molecule has 1 aliphatic rings. The van der Waals surface area contributed by atoms with Gasteiger partial charge in [0.15, 0.2) is 0 Å². The summed E-state index contributed by atoms with van der Waals surface area (Å²) in [5, 5.41) is 0. The van der Waals surface area contributed by atoms with Gasteiger partial charge in [-0.3, -0.25) is 4.79 Å². The van der Waals surface area contributed by atoms with Gasteiger partial charge in [-0.2, -0.15) is 11.8 Å². The van der Waals surface area contributed by atoms with Crippen LogP contribution in [0.5, 0.6) is 0 Å². The van der Waals surface area contributed by atoms with E-state index in [1.165, 1.54) is 0 Å². The Morgan fingerprint density at radius 3 is 3.14 bits per heavy atom. The first-order valence-electron chi connectivity index (χ1n) is 4.70. The van der Waals surface area contributed by atoms with Crippen LogP contribution in [-0.4, -0.2) is 16.5 Å². The molecule has 1 aromatic heterocycles. The number of aryl methyl sites for hydroxylation is 1. The van der Waals surface area contributed by atoms with E-state index >= 15 is 0 Å². The lowest BCUT2D eigenvalue weighted by Gasteiger charge is -2.01. The van der Waals surface area contributed by atoms with Crippen LogP contribution in [0, 0.1) is 0 Å². The third kappa shape index (κ3) is 1.83. The zero-order chi connectivity index (χ0) is 9.97. The minimum absolute atomic E-state index is 0.0343. The Morgan fingerprint density at radius 1 is 1.50 bits per heavy atom. The molecule has 2 heterocycles. The highest BCUT2D eigenvalue weighted by Gasteiger charge is 2.16. The second-order valence-electron chi connectivity index (χ2n) is 3.32. The topological polar surface area (TPSA) is 71.8 Å². The Labute approximate surface area is 86.3 Å². The molecule has 0 amide bonds. The smallest absolute Gasteiger partial charge is 0.255 e. The van der Waals surface area contributed by atoms with Crippen molar-refractivity contribution >= 4 is 11.8 Å². The number of hydrogen-bond acceptors (Lipinski definition) is 4. The van der Waals surface area contributed by atoms with Crippen LogP contribution < -0.4 is 11.3 Å². The third-order valence-electron chi connectivity index (χ3n) is 2.25. The summed E-state index contributed by atoms with van der Waals surface area (Å²) < 4.78 is 0. The molecule has 0 unspecified atom stereocenters. The number of aromatic nitrogens is 2. The van der Waals surface area contributed by atoms with Gasteiger partial charge < -0.3 is 10.7 Å². The van der Waals surface area contributed by atoms with E-state index in [1.807, 2.05) is 0 Å². The van der Waals surface area contributed by atoms with E-state index in [-0.39, 0.29) is 5.56 Å². The SMILES string of the molecule is NCCCc1nc2c(c(=O)[nH]1)CSC2. The molecule has 5 heteroatoms. The van der Waals surface area contributed by atoms with Gasteiger partial charge in [-0.05, 0) is 13.0 Å². The molecule has 4 nitrogen and oxygen atoms in total. The van der Waals surface area contributed by atoms with E-state index in [0.717, 1.165) is 41.4 Å². The van der Waals surface area contributed by atoms with Crippen LogP contribution in [-0.2, 0) is 17.9 Å². The summed E-state index contributed by atoms with van der Waals surface area (Å²) in [6.07, 6.45) is 1.64. The Kier molecular flexibility index (Phi) is 2.88. The average Bonchev–Trinajstić information content (AvgIpc) is 2.63. The molecule has 2 rings (SSSR count). The largest absolute Gasteiger partial charge is 0.330 e. The number of aromatic amines is 1. The summed E-state index contributed by atoms with van der Waals surface area (Å²) in [5.74, 6) is 2.45. The van der Waals surface area contributed by atoms with Gasteiger partial charge in [0.05, 0.1) is 5.69 Å². The van der Waals surface area contributed by atoms with Crippen LogP contribution in [0.25, 0.3) is 0 Å². The van der Waals surface area contributed by atoms with Gasteiger partial charge in [-0.1, -0.05) is 0 Å². The van der Waals surface area contributed by atoms with Crippen molar-refractivity contribution in [2.24, 2.45) is 5.73 Å². The minimum Gasteiger partial charge on any atom is -0.330 e. The zero-order valence-corrected chi connectivity index (χ0v) is 8.69. The molecule has 0 aromatic carbocycles. The van der Waals surface area contributed by atoms with Crippen molar-refractivity contribution in [3.8, 4) is 0 Å². The van der Waals surface area contributed by atoms with E-state index in [0.29, 0.717) is 6.54 Å². The molecule has 0 radical (unpaired) electrons.